The van der Waals surface area contributed by atoms with Crippen molar-refractivity contribution in [3.05, 3.63) is 71.8 Å². The van der Waals surface area contributed by atoms with Crippen LogP contribution in [0.3, 0.4) is 0 Å². The van der Waals surface area contributed by atoms with E-state index in [4.69, 9.17) is 9.84 Å². The van der Waals surface area contributed by atoms with Crippen LogP contribution >= 0.6 is 0 Å². The second kappa shape index (κ2) is 9.70. The van der Waals surface area contributed by atoms with Crippen LogP contribution in [-0.4, -0.2) is 39.2 Å². The second-order valence-electron chi connectivity index (χ2n) is 7.11. The predicted octanol–water partition coefficient (Wildman–Crippen LogP) is 4.72. The molecule has 4 rings (SSSR count). The van der Waals surface area contributed by atoms with Crippen LogP contribution in [-0.2, 0) is 0 Å². The number of hydrogen-bond donors (Lipinski definition) is 3. The molecule has 2 aromatic carbocycles. The molecule has 2 heterocycles. The number of alkyl halides is 2. The minimum atomic E-state index is -2.83. The van der Waals surface area contributed by atoms with Gasteiger partial charge < -0.3 is 20.1 Å². The molecule has 1 amide bonds. The normalized spacial score (nSPS) is 11.2. The van der Waals surface area contributed by atoms with Gasteiger partial charge in [0, 0.05) is 30.4 Å². The van der Waals surface area contributed by atoms with Crippen LogP contribution < -0.4 is 10.1 Å². The summed E-state index contributed by atoms with van der Waals surface area (Å²) in [7, 11) is 0. The van der Waals surface area contributed by atoms with Crippen LogP contribution in [0, 0.1) is 5.82 Å². The lowest BCUT2D eigenvalue weighted by Gasteiger charge is -2.11. The van der Waals surface area contributed by atoms with Gasteiger partial charge in [-0.3, -0.25) is 9.78 Å². The van der Waals surface area contributed by atoms with Gasteiger partial charge in [0.1, 0.15) is 22.9 Å². The van der Waals surface area contributed by atoms with E-state index in [-0.39, 0.29) is 52.5 Å². The smallest absolute Gasteiger partial charge is 0.264 e. The van der Waals surface area contributed by atoms with Gasteiger partial charge in [0.15, 0.2) is 0 Å². The van der Waals surface area contributed by atoms with Crippen LogP contribution in [0.15, 0.2) is 54.9 Å². The van der Waals surface area contributed by atoms with Crippen LogP contribution in [0.5, 0.6) is 5.75 Å². The highest BCUT2D eigenvalue weighted by Crippen LogP contribution is 2.34. The Morgan fingerprint density at radius 3 is 2.79 bits per heavy atom. The molecule has 0 aliphatic carbocycles. The molecule has 2 aromatic heterocycles. The second-order valence-corrected chi connectivity index (χ2v) is 7.11. The SMILES string of the molecule is O=C(Nc1cccnc1)c1cc(F)cc2[nH]c(-c3ccc(OCCCO)cc3C(F)F)nc12. The van der Waals surface area contributed by atoms with Crippen LogP contribution in [0.2, 0.25) is 0 Å². The first kappa shape index (κ1) is 22.3. The summed E-state index contributed by atoms with van der Waals surface area (Å²) < 4.78 is 47.2. The van der Waals surface area contributed by atoms with Gasteiger partial charge in [0.2, 0.25) is 0 Å². The van der Waals surface area contributed by atoms with Crippen molar-refractivity contribution in [2.24, 2.45) is 0 Å². The molecule has 170 valence electrons. The highest BCUT2D eigenvalue weighted by atomic mass is 19.3. The number of H-pyrrole nitrogens is 1. The topological polar surface area (TPSA) is 100 Å². The Morgan fingerprint density at radius 1 is 1.21 bits per heavy atom. The molecular formula is C23H19F3N4O3. The molecule has 0 saturated carbocycles. The Morgan fingerprint density at radius 2 is 2.06 bits per heavy atom. The molecule has 0 bridgehead atoms. The minimum absolute atomic E-state index is 0.0566. The average molecular weight is 456 g/mol. The van der Waals surface area contributed by atoms with Crippen LogP contribution in [0.1, 0.15) is 28.8 Å². The number of halogens is 3. The number of hydrogen-bond acceptors (Lipinski definition) is 5. The number of aliphatic hydroxyl groups is 1. The molecule has 3 N–H and O–H groups in total. The Bertz CT molecular complexity index is 1280. The Balaban J connectivity index is 1.72. The number of pyridine rings is 1. The first-order chi connectivity index (χ1) is 16.0. The first-order valence-electron chi connectivity index (χ1n) is 10.0. The molecule has 0 radical (unpaired) electrons. The quantitative estimate of drug-likeness (QED) is 0.333. The van der Waals surface area contributed by atoms with E-state index in [9.17, 15) is 18.0 Å². The van der Waals surface area contributed by atoms with Crippen molar-refractivity contribution >= 4 is 22.6 Å². The third-order valence-electron chi connectivity index (χ3n) is 4.80. The Kier molecular flexibility index (Phi) is 6.55. The molecule has 0 unspecified atom stereocenters. The summed E-state index contributed by atoms with van der Waals surface area (Å²) in [5.74, 6) is -1.02. The number of benzene rings is 2. The van der Waals surface area contributed by atoms with Crippen LogP contribution in [0.4, 0.5) is 18.9 Å². The van der Waals surface area contributed by atoms with E-state index >= 15 is 0 Å². The first-order valence-corrected chi connectivity index (χ1v) is 10.0. The van der Waals surface area contributed by atoms with E-state index < -0.39 is 18.1 Å². The van der Waals surface area contributed by atoms with Crippen molar-refractivity contribution in [1.29, 1.82) is 0 Å². The molecular weight excluding hydrogens is 437 g/mol. The van der Waals surface area contributed by atoms with E-state index in [1.807, 2.05) is 0 Å². The number of carbonyl (C=O) groups is 1. The summed E-state index contributed by atoms with van der Waals surface area (Å²) in [5, 5.41) is 11.5. The molecule has 0 atom stereocenters. The molecule has 0 aliphatic rings. The number of amides is 1. The maximum atomic E-state index is 14.2. The number of nitrogens with zero attached hydrogens (tertiary/aromatic N) is 2. The summed E-state index contributed by atoms with van der Waals surface area (Å²) in [6.07, 6.45) is 0.507. The lowest BCUT2D eigenvalue weighted by Crippen LogP contribution is -2.13. The summed E-state index contributed by atoms with van der Waals surface area (Å²) in [6, 6.07) is 9.54. The number of fused-ring (bicyclic) bond motifs is 1. The zero-order chi connectivity index (χ0) is 23.4. The van der Waals surface area contributed by atoms with Crippen molar-refractivity contribution < 1.29 is 27.8 Å². The van der Waals surface area contributed by atoms with E-state index in [1.165, 1.54) is 24.4 Å². The van der Waals surface area contributed by atoms with Gasteiger partial charge in [0.05, 0.1) is 29.6 Å². The van der Waals surface area contributed by atoms with Gasteiger partial charge in [-0.05, 0) is 42.5 Å². The number of ether oxygens (including phenoxy) is 1. The van der Waals surface area contributed by atoms with E-state index in [0.717, 1.165) is 12.1 Å². The van der Waals surface area contributed by atoms with E-state index in [2.05, 4.69) is 20.3 Å². The summed E-state index contributed by atoms with van der Waals surface area (Å²) in [6.45, 7) is 0.101. The Hall–Kier alpha value is -3.92. The fourth-order valence-electron chi connectivity index (χ4n) is 3.30. The van der Waals surface area contributed by atoms with Crippen molar-refractivity contribution in [3.8, 4) is 17.1 Å². The van der Waals surface area contributed by atoms with Gasteiger partial charge in [0.25, 0.3) is 12.3 Å². The fraction of sp³-hybridized carbons (Fsp3) is 0.174. The standard InChI is InChI=1S/C23H19F3N4O3/c24-13-9-18(23(32)28-14-3-1-6-27-12-14)20-19(10-13)29-22(30-20)16-5-4-15(33-8-2-7-31)11-17(16)21(25)26/h1,3-6,9-12,21,31H,2,7-8H2,(H,28,32)(H,29,30). The molecule has 4 aromatic rings. The lowest BCUT2D eigenvalue weighted by molar-refractivity contribution is 0.102. The van der Waals surface area contributed by atoms with Gasteiger partial charge in [-0.15, -0.1) is 0 Å². The van der Waals surface area contributed by atoms with Gasteiger partial charge in [-0.2, -0.15) is 0 Å². The number of carbonyl (C=O) groups excluding carboxylic acids is 1. The predicted molar refractivity (Wildman–Crippen MR) is 116 cm³/mol. The molecule has 7 nitrogen and oxygen atoms in total. The summed E-state index contributed by atoms with van der Waals surface area (Å²) >= 11 is 0. The van der Waals surface area contributed by atoms with Crippen molar-refractivity contribution in [3.63, 3.8) is 0 Å². The number of aromatic nitrogens is 3. The number of anilines is 1. The number of aliphatic hydroxyl groups excluding tert-OH is 1. The fourth-order valence-corrected chi connectivity index (χ4v) is 3.30. The summed E-state index contributed by atoms with van der Waals surface area (Å²) in [5.41, 5.74) is 0.430. The van der Waals surface area contributed by atoms with Gasteiger partial charge in [-0.25, -0.2) is 18.2 Å². The van der Waals surface area contributed by atoms with Gasteiger partial charge in [-0.1, -0.05) is 0 Å². The average Bonchev–Trinajstić information content (AvgIpc) is 3.23. The van der Waals surface area contributed by atoms with E-state index in [1.54, 1.807) is 18.3 Å². The van der Waals surface area contributed by atoms with Crippen molar-refractivity contribution in [1.82, 2.24) is 15.0 Å². The maximum absolute atomic E-state index is 14.2. The zero-order valence-electron chi connectivity index (χ0n) is 17.2. The monoisotopic (exact) mass is 456 g/mol. The summed E-state index contributed by atoms with van der Waals surface area (Å²) in [4.78, 5) is 23.8. The number of nitrogens with one attached hydrogen (secondary N) is 2. The third-order valence-corrected chi connectivity index (χ3v) is 4.80. The van der Waals surface area contributed by atoms with Crippen LogP contribution in [0.25, 0.3) is 22.4 Å². The molecule has 0 saturated heterocycles. The highest BCUT2D eigenvalue weighted by molar-refractivity contribution is 6.11. The molecule has 0 spiro atoms. The largest absolute Gasteiger partial charge is 0.493 e. The number of aromatic amines is 1. The lowest BCUT2D eigenvalue weighted by atomic mass is 10.1. The number of rotatable bonds is 8. The Labute approximate surface area is 186 Å². The third kappa shape index (κ3) is 4.96. The minimum Gasteiger partial charge on any atom is -0.493 e. The van der Waals surface area contributed by atoms with E-state index in [0.29, 0.717) is 12.1 Å². The molecule has 33 heavy (non-hydrogen) atoms. The highest BCUT2D eigenvalue weighted by Gasteiger charge is 2.21. The molecule has 0 aliphatic heterocycles. The van der Waals surface area contributed by atoms with Crippen molar-refractivity contribution in [2.75, 3.05) is 18.5 Å². The number of imidazole rings is 1. The van der Waals surface area contributed by atoms with Gasteiger partial charge >= 0.3 is 0 Å². The molecule has 10 heteroatoms. The van der Waals surface area contributed by atoms with Crippen molar-refractivity contribution in [2.45, 2.75) is 12.8 Å². The zero-order valence-corrected chi connectivity index (χ0v) is 17.2. The molecule has 0 fully saturated rings. The maximum Gasteiger partial charge on any atom is 0.264 e.